The summed E-state index contributed by atoms with van der Waals surface area (Å²) in [6.45, 7) is 6.99. The first kappa shape index (κ1) is 20.1. The van der Waals surface area contributed by atoms with E-state index in [-0.39, 0.29) is 36.8 Å². The van der Waals surface area contributed by atoms with Gasteiger partial charge in [-0.1, -0.05) is 6.92 Å². The summed E-state index contributed by atoms with van der Waals surface area (Å²) in [5.41, 5.74) is 5.18. The summed E-state index contributed by atoms with van der Waals surface area (Å²) < 4.78 is 5.28. The minimum Gasteiger partial charge on any atom is -0.381 e. The predicted molar refractivity (Wildman–Crippen MR) is 84.3 cm³/mol. The average Bonchev–Trinajstić information content (AvgIpc) is 2.47. The lowest BCUT2D eigenvalue weighted by Crippen LogP contribution is -2.55. The molecule has 0 spiro atoms. The van der Waals surface area contributed by atoms with Crippen molar-refractivity contribution in [1.82, 2.24) is 10.6 Å². The molecule has 0 saturated carbocycles. The van der Waals surface area contributed by atoms with E-state index < -0.39 is 11.5 Å². The topological polar surface area (TPSA) is 93.5 Å². The Labute approximate surface area is 133 Å². The molecule has 1 rings (SSSR count). The van der Waals surface area contributed by atoms with Crippen molar-refractivity contribution in [3.63, 3.8) is 0 Å². The number of nitrogens with two attached hydrogens (primary N) is 1. The first-order valence-corrected chi connectivity index (χ1v) is 7.34. The standard InChI is InChI=1S/C14H27N3O3.ClH/c1-4-10(2)16-12(18)11(3)17-13(19)14(9-15)5-7-20-8-6-14;/h10-11H,4-9,15H2,1-3H3,(H,16,18)(H,17,19);1H. The summed E-state index contributed by atoms with van der Waals surface area (Å²) >= 11 is 0. The molecule has 1 aliphatic rings. The lowest BCUT2D eigenvalue weighted by molar-refractivity contribution is -0.139. The Morgan fingerprint density at radius 1 is 1.24 bits per heavy atom. The molecule has 7 heteroatoms. The Morgan fingerprint density at radius 2 is 1.81 bits per heavy atom. The van der Waals surface area contributed by atoms with Crippen LogP contribution in [0, 0.1) is 5.41 Å². The van der Waals surface area contributed by atoms with E-state index in [1.54, 1.807) is 6.92 Å². The Hall–Kier alpha value is -0.850. The van der Waals surface area contributed by atoms with E-state index in [9.17, 15) is 9.59 Å². The van der Waals surface area contributed by atoms with Gasteiger partial charge >= 0.3 is 0 Å². The van der Waals surface area contributed by atoms with Gasteiger partial charge in [-0.25, -0.2) is 0 Å². The molecule has 1 heterocycles. The van der Waals surface area contributed by atoms with E-state index in [0.717, 1.165) is 6.42 Å². The van der Waals surface area contributed by atoms with Gasteiger partial charge in [0.2, 0.25) is 11.8 Å². The van der Waals surface area contributed by atoms with Crippen molar-refractivity contribution in [2.45, 2.75) is 52.1 Å². The van der Waals surface area contributed by atoms with Crippen molar-refractivity contribution in [3.05, 3.63) is 0 Å². The number of carbonyl (C=O) groups is 2. The molecule has 0 aromatic rings. The summed E-state index contributed by atoms with van der Waals surface area (Å²) in [5, 5.41) is 5.64. The summed E-state index contributed by atoms with van der Waals surface area (Å²) in [7, 11) is 0. The number of halogens is 1. The SMILES string of the molecule is CCC(C)NC(=O)C(C)NC(=O)C1(CN)CCOCC1.Cl. The number of hydrogen-bond acceptors (Lipinski definition) is 4. The number of nitrogens with one attached hydrogen (secondary N) is 2. The second kappa shape index (κ2) is 9.23. The number of carbonyl (C=O) groups excluding carboxylic acids is 2. The van der Waals surface area contributed by atoms with Gasteiger partial charge in [-0.15, -0.1) is 12.4 Å². The van der Waals surface area contributed by atoms with Gasteiger partial charge in [0.1, 0.15) is 6.04 Å². The molecule has 2 unspecified atom stereocenters. The van der Waals surface area contributed by atoms with Crippen LogP contribution in [0.2, 0.25) is 0 Å². The van der Waals surface area contributed by atoms with Crippen LogP contribution in [0.25, 0.3) is 0 Å². The number of ether oxygens (including phenoxy) is 1. The monoisotopic (exact) mass is 321 g/mol. The number of rotatable bonds is 6. The van der Waals surface area contributed by atoms with Gasteiger partial charge in [-0.2, -0.15) is 0 Å². The van der Waals surface area contributed by atoms with Crippen molar-refractivity contribution in [2.24, 2.45) is 11.1 Å². The van der Waals surface area contributed by atoms with Crippen LogP contribution in [-0.4, -0.2) is 43.7 Å². The molecule has 6 nitrogen and oxygen atoms in total. The zero-order chi connectivity index (χ0) is 15.2. The molecule has 1 aliphatic heterocycles. The summed E-state index contributed by atoms with van der Waals surface area (Å²) in [5.74, 6) is -0.304. The molecule has 0 aromatic carbocycles. The van der Waals surface area contributed by atoms with Crippen LogP contribution in [0.5, 0.6) is 0 Å². The van der Waals surface area contributed by atoms with Crippen LogP contribution in [0.4, 0.5) is 0 Å². The molecule has 4 N–H and O–H groups in total. The molecule has 1 fully saturated rings. The Balaban J connectivity index is 0.00000400. The van der Waals surface area contributed by atoms with Crippen LogP contribution in [0.1, 0.15) is 40.0 Å². The van der Waals surface area contributed by atoms with Gasteiger partial charge in [-0.05, 0) is 33.1 Å². The molecule has 2 amide bonds. The van der Waals surface area contributed by atoms with Crippen LogP contribution in [-0.2, 0) is 14.3 Å². The zero-order valence-corrected chi connectivity index (χ0v) is 13.9. The van der Waals surface area contributed by atoms with Crippen molar-refractivity contribution < 1.29 is 14.3 Å². The molecule has 0 bridgehead atoms. The molecule has 124 valence electrons. The molecule has 0 aliphatic carbocycles. The normalized spacial score (nSPS) is 19.8. The van der Waals surface area contributed by atoms with Gasteiger partial charge in [0.05, 0.1) is 5.41 Å². The highest BCUT2D eigenvalue weighted by molar-refractivity contribution is 5.90. The van der Waals surface area contributed by atoms with E-state index in [0.29, 0.717) is 26.1 Å². The molecule has 0 radical (unpaired) electrons. The minimum atomic E-state index is -0.594. The number of hydrogen-bond donors (Lipinski definition) is 3. The Bertz CT molecular complexity index is 346. The molecule has 2 atom stereocenters. The quantitative estimate of drug-likeness (QED) is 0.667. The maximum absolute atomic E-state index is 12.4. The summed E-state index contributed by atoms with van der Waals surface area (Å²) in [4.78, 5) is 24.3. The maximum Gasteiger partial charge on any atom is 0.242 e. The smallest absolute Gasteiger partial charge is 0.242 e. The van der Waals surface area contributed by atoms with E-state index >= 15 is 0 Å². The highest BCUT2D eigenvalue weighted by atomic mass is 35.5. The highest BCUT2D eigenvalue weighted by Crippen LogP contribution is 2.29. The minimum absolute atomic E-state index is 0. The third kappa shape index (κ3) is 5.45. The molecule has 1 saturated heterocycles. The second-order valence-electron chi connectivity index (χ2n) is 5.61. The largest absolute Gasteiger partial charge is 0.381 e. The second-order valence-corrected chi connectivity index (χ2v) is 5.61. The van der Waals surface area contributed by atoms with Crippen LogP contribution in [0.15, 0.2) is 0 Å². The molecule has 21 heavy (non-hydrogen) atoms. The van der Waals surface area contributed by atoms with Crippen molar-refractivity contribution >= 4 is 24.2 Å². The van der Waals surface area contributed by atoms with Crippen LogP contribution in [0.3, 0.4) is 0 Å². The predicted octanol–water partition coefficient (Wildman–Crippen LogP) is 0.583. The fourth-order valence-corrected chi connectivity index (χ4v) is 2.17. The van der Waals surface area contributed by atoms with Crippen molar-refractivity contribution in [2.75, 3.05) is 19.8 Å². The van der Waals surface area contributed by atoms with Gasteiger partial charge in [0.15, 0.2) is 0 Å². The Morgan fingerprint density at radius 3 is 2.29 bits per heavy atom. The lowest BCUT2D eigenvalue weighted by Gasteiger charge is -2.35. The van der Waals surface area contributed by atoms with E-state index in [4.69, 9.17) is 10.5 Å². The third-order valence-corrected chi connectivity index (χ3v) is 4.06. The summed E-state index contributed by atoms with van der Waals surface area (Å²) in [6.07, 6.45) is 2.07. The first-order chi connectivity index (χ1) is 9.45. The molecule has 0 aromatic heterocycles. The first-order valence-electron chi connectivity index (χ1n) is 7.34. The fourth-order valence-electron chi connectivity index (χ4n) is 2.17. The maximum atomic E-state index is 12.4. The van der Waals surface area contributed by atoms with Crippen LogP contribution >= 0.6 is 12.4 Å². The fraction of sp³-hybridized carbons (Fsp3) is 0.857. The molecular weight excluding hydrogens is 294 g/mol. The van der Waals surface area contributed by atoms with E-state index in [1.807, 2.05) is 13.8 Å². The van der Waals surface area contributed by atoms with E-state index in [2.05, 4.69) is 10.6 Å². The van der Waals surface area contributed by atoms with Crippen LogP contribution < -0.4 is 16.4 Å². The van der Waals surface area contributed by atoms with Gasteiger partial charge in [-0.3, -0.25) is 9.59 Å². The van der Waals surface area contributed by atoms with E-state index in [1.165, 1.54) is 0 Å². The van der Waals surface area contributed by atoms with Crippen molar-refractivity contribution in [1.29, 1.82) is 0 Å². The highest BCUT2D eigenvalue weighted by Gasteiger charge is 2.39. The lowest BCUT2D eigenvalue weighted by atomic mass is 9.79. The average molecular weight is 322 g/mol. The van der Waals surface area contributed by atoms with Crippen molar-refractivity contribution in [3.8, 4) is 0 Å². The van der Waals surface area contributed by atoms with Gasteiger partial charge < -0.3 is 21.1 Å². The number of amides is 2. The van der Waals surface area contributed by atoms with Gasteiger partial charge in [0, 0.05) is 25.8 Å². The van der Waals surface area contributed by atoms with Gasteiger partial charge in [0.25, 0.3) is 0 Å². The zero-order valence-electron chi connectivity index (χ0n) is 13.1. The summed E-state index contributed by atoms with van der Waals surface area (Å²) in [6, 6.07) is -0.448. The molecular formula is C14H28ClN3O3. The Kier molecular flexibility index (Phi) is 8.85. The third-order valence-electron chi connectivity index (χ3n) is 4.06.